The van der Waals surface area contributed by atoms with Crippen molar-refractivity contribution in [1.29, 1.82) is 0 Å². The maximum atomic E-state index is 11.9. The summed E-state index contributed by atoms with van der Waals surface area (Å²) < 4.78 is 35.6. The second-order valence-corrected chi connectivity index (χ2v) is 2.99. The van der Waals surface area contributed by atoms with Gasteiger partial charge in [-0.25, -0.2) is 9.59 Å². The van der Waals surface area contributed by atoms with Gasteiger partial charge in [0.05, 0.1) is 6.61 Å². The molecule has 3 N–H and O–H groups in total. The number of halogens is 3. The molecule has 16 heavy (non-hydrogen) atoms. The molecule has 0 aromatic carbocycles. The number of alkyl halides is 3. The number of hydrogen-bond donors (Lipinski definition) is 3. The summed E-state index contributed by atoms with van der Waals surface area (Å²) in [5.41, 5.74) is 0. The second-order valence-electron chi connectivity index (χ2n) is 2.99. The molecule has 0 aliphatic rings. The molecule has 0 fully saturated rings. The van der Waals surface area contributed by atoms with Crippen molar-refractivity contribution in [3.05, 3.63) is 0 Å². The van der Waals surface area contributed by atoms with Crippen molar-refractivity contribution in [2.75, 3.05) is 20.2 Å². The summed E-state index contributed by atoms with van der Waals surface area (Å²) in [5, 5.41) is 18.7. The average Bonchev–Trinajstić information content (AvgIpc) is 2.10. The van der Waals surface area contributed by atoms with E-state index >= 15 is 0 Å². The molecule has 0 spiro atoms. The number of aliphatic hydroxyl groups excluding tert-OH is 1. The van der Waals surface area contributed by atoms with Crippen molar-refractivity contribution in [3.8, 4) is 0 Å². The van der Waals surface area contributed by atoms with Crippen molar-refractivity contribution >= 4 is 12.0 Å². The molecule has 0 heterocycles. The smallest absolute Gasteiger partial charge is 0.406 e. The molecule has 0 aliphatic heterocycles. The maximum absolute atomic E-state index is 11.9. The number of carboxylic acid groups (broad SMARTS) is 1. The number of carboxylic acids is 1. The van der Waals surface area contributed by atoms with Crippen LogP contribution in [0.15, 0.2) is 0 Å². The predicted octanol–water partition coefficient (Wildman–Crippen LogP) is -0.364. The van der Waals surface area contributed by atoms with E-state index in [4.69, 9.17) is 10.2 Å². The summed E-state index contributed by atoms with van der Waals surface area (Å²) in [6.45, 7) is -2.41. The lowest BCUT2D eigenvalue weighted by molar-refractivity contribution is -0.140. The van der Waals surface area contributed by atoms with Gasteiger partial charge in [-0.05, 0) is 0 Å². The lowest BCUT2D eigenvalue weighted by Crippen LogP contribution is -2.50. The van der Waals surface area contributed by atoms with Gasteiger partial charge in [-0.3, -0.25) is 0 Å². The molecular formula is C7H11F3N2O4. The largest absolute Gasteiger partial charge is 0.480 e. The van der Waals surface area contributed by atoms with Gasteiger partial charge < -0.3 is 20.4 Å². The zero-order valence-electron chi connectivity index (χ0n) is 8.28. The van der Waals surface area contributed by atoms with Gasteiger partial charge in [0.15, 0.2) is 6.04 Å². The van der Waals surface area contributed by atoms with Gasteiger partial charge in [0, 0.05) is 7.05 Å². The Balaban J connectivity index is 4.29. The van der Waals surface area contributed by atoms with Gasteiger partial charge in [0.25, 0.3) is 0 Å². The highest BCUT2D eigenvalue weighted by molar-refractivity contribution is 5.82. The summed E-state index contributed by atoms with van der Waals surface area (Å²) in [5.74, 6) is -1.53. The van der Waals surface area contributed by atoms with E-state index in [1.54, 1.807) is 5.32 Å². The van der Waals surface area contributed by atoms with Crippen LogP contribution < -0.4 is 5.32 Å². The number of amides is 2. The number of carbonyl (C=O) groups is 2. The molecule has 6 nitrogen and oxygen atoms in total. The highest BCUT2D eigenvalue weighted by atomic mass is 19.4. The zero-order chi connectivity index (χ0) is 12.9. The number of carbonyl (C=O) groups excluding carboxylic acids is 1. The Kier molecular flexibility index (Phi) is 5.02. The summed E-state index contributed by atoms with van der Waals surface area (Å²) in [6, 6.07) is -2.85. The molecule has 0 saturated carbocycles. The number of nitrogens with one attached hydrogen (secondary N) is 1. The Labute approximate surface area is 88.6 Å². The molecule has 0 aliphatic carbocycles. The third-order valence-electron chi connectivity index (χ3n) is 1.54. The Morgan fingerprint density at radius 3 is 2.25 bits per heavy atom. The molecule has 0 radical (unpaired) electrons. The minimum absolute atomic E-state index is 0.269. The monoisotopic (exact) mass is 244 g/mol. The first-order chi connectivity index (χ1) is 7.17. The molecule has 1 atom stereocenters. The summed E-state index contributed by atoms with van der Waals surface area (Å²) in [4.78, 5) is 21.7. The van der Waals surface area contributed by atoms with Crippen LogP contribution in [0.4, 0.5) is 18.0 Å². The minimum atomic E-state index is -4.57. The van der Waals surface area contributed by atoms with Crippen molar-refractivity contribution < 1.29 is 33.0 Å². The van der Waals surface area contributed by atoms with E-state index in [-0.39, 0.29) is 4.90 Å². The van der Waals surface area contributed by atoms with Crippen molar-refractivity contribution in [3.63, 3.8) is 0 Å². The normalized spacial score (nSPS) is 13.1. The van der Waals surface area contributed by atoms with Crippen LogP contribution in [0.1, 0.15) is 0 Å². The average molecular weight is 244 g/mol. The second kappa shape index (κ2) is 5.54. The molecule has 9 heteroatoms. The first-order valence-electron chi connectivity index (χ1n) is 4.09. The lowest BCUT2D eigenvalue weighted by Gasteiger charge is -2.21. The SMILES string of the molecule is CN(CC(F)(F)F)C(=O)N[C@@H](CO)C(=O)O. The van der Waals surface area contributed by atoms with Crippen molar-refractivity contribution in [2.24, 2.45) is 0 Å². The van der Waals surface area contributed by atoms with Crippen LogP contribution in [0.3, 0.4) is 0 Å². The molecule has 0 rings (SSSR count). The minimum Gasteiger partial charge on any atom is -0.480 e. The number of urea groups is 1. The maximum Gasteiger partial charge on any atom is 0.406 e. The van der Waals surface area contributed by atoms with Crippen molar-refractivity contribution in [2.45, 2.75) is 12.2 Å². The molecular weight excluding hydrogens is 233 g/mol. The van der Waals surface area contributed by atoms with Gasteiger partial charge in [-0.1, -0.05) is 0 Å². The predicted molar refractivity (Wildman–Crippen MR) is 45.7 cm³/mol. The molecule has 0 unspecified atom stereocenters. The molecule has 2 amide bonds. The van der Waals surface area contributed by atoms with E-state index in [1.807, 2.05) is 0 Å². The fourth-order valence-electron chi connectivity index (χ4n) is 0.785. The lowest BCUT2D eigenvalue weighted by atomic mass is 10.3. The molecule has 0 saturated heterocycles. The molecule has 94 valence electrons. The standard InChI is InChI=1S/C7H11F3N2O4/c1-12(3-7(8,9)10)6(16)11-4(2-13)5(14)15/h4,13H,2-3H2,1H3,(H,11,16)(H,14,15)/t4-/m0/s1. The van der Waals surface area contributed by atoms with Crippen molar-refractivity contribution in [1.82, 2.24) is 10.2 Å². The topological polar surface area (TPSA) is 89.9 Å². The van der Waals surface area contributed by atoms with E-state index in [0.717, 1.165) is 7.05 Å². The summed E-state index contributed by atoms with van der Waals surface area (Å²) in [7, 11) is 0.860. The Hall–Kier alpha value is -1.51. The molecule has 0 aromatic heterocycles. The van der Waals surface area contributed by atoms with E-state index in [0.29, 0.717) is 0 Å². The quantitative estimate of drug-likeness (QED) is 0.629. The van der Waals surface area contributed by atoms with E-state index < -0.39 is 37.4 Å². The van der Waals surface area contributed by atoms with Crippen LogP contribution in [-0.4, -0.2) is 59.5 Å². The number of aliphatic hydroxyl groups is 1. The third kappa shape index (κ3) is 5.39. The Morgan fingerprint density at radius 2 is 1.94 bits per heavy atom. The van der Waals surface area contributed by atoms with E-state index in [9.17, 15) is 22.8 Å². The van der Waals surface area contributed by atoms with E-state index in [1.165, 1.54) is 0 Å². The zero-order valence-corrected chi connectivity index (χ0v) is 8.28. The number of aliphatic carboxylic acids is 1. The fourth-order valence-corrected chi connectivity index (χ4v) is 0.785. The Morgan fingerprint density at radius 1 is 1.44 bits per heavy atom. The Bertz CT molecular complexity index is 269. The van der Waals surface area contributed by atoms with Crippen LogP contribution >= 0.6 is 0 Å². The fraction of sp³-hybridized carbons (Fsp3) is 0.714. The van der Waals surface area contributed by atoms with Gasteiger partial charge >= 0.3 is 18.2 Å². The van der Waals surface area contributed by atoms with Crippen LogP contribution in [0.25, 0.3) is 0 Å². The first kappa shape index (κ1) is 14.5. The van der Waals surface area contributed by atoms with Crippen LogP contribution in [0.5, 0.6) is 0 Å². The van der Waals surface area contributed by atoms with E-state index in [2.05, 4.69) is 0 Å². The van der Waals surface area contributed by atoms with Gasteiger partial charge in [-0.15, -0.1) is 0 Å². The first-order valence-corrected chi connectivity index (χ1v) is 4.09. The van der Waals surface area contributed by atoms with Crippen LogP contribution in [0.2, 0.25) is 0 Å². The van der Waals surface area contributed by atoms with Crippen LogP contribution in [-0.2, 0) is 4.79 Å². The molecule has 0 aromatic rings. The number of rotatable bonds is 4. The summed E-state index contributed by atoms with van der Waals surface area (Å²) >= 11 is 0. The highest BCUT2D eigenvalue weighted by Crippen LogP contribution is 2.15. The van der Waals surface area contributed by atoms with Gasteiger partial charge in [0.2, 0.25) is 0 Å². The highest BCUT2D eigenvalue weighted by Gasteiger charge is 2.32. The number of nitrogens with zero attached hydrogens (tertiary/aromatic N) is 1. The summed E-state index contributed by atoms with van der Waals surface area (Å²) in [6.07, 6.45) is -4.57. The molecule has 0 bridgehead atoms. The van der Waals surface area contributed by atoms with Crippen LogP contribution in [0, 0.1) is 0 Å². The van der Waals surface area contributed by atoms with Gasteiger partial charge in [-0.2, -0.15) is 13.2 Å². The van der Waals surface area contributed by atoms with Gasteiger partial charge in [0.1, 0.15) is 6.54 Å². The third-order valence-corrected chi connectivity index (χ3v) is 1.54. The number of hydrogen-bond acceptors (Lipinski definition) is 3.